The summed E-state index contributed by atoms with van der Waals surface area (Å²) in [6.45, 7) is 6.14. The number of aliphatic hydroxyl groups excluding tert-OH is 2. The zero-order chi connectivity index (χ0) is 18.4. The van der Waals surface area contributed by atoms with Gasteiger partial charge in [0.05, 0.1) is 18.6 Å². The van der Waals surface area contributed by atoms with Crippen LogP contribution in [0.15, 0.2) is 42.0 Å². The normalized spacial score (nSPS) is 31.3. The molecule has 0 aromatic heterocycles. The molecule has 1 heterocycles. The van der Waals surface area contributed by atoms with Crippen LogP contribution in [0.5, 0.6) is 0 Å². The number of ether oxygens (including phenoxy) is 3. The predicted octanol–water partition coefficient (Wildman–Crippen LogP) is 2.66. The zero-order valence-electron chi connectivity index (χ0n) is 15.5. The Balaban J connectivity index is 2.32. The predicted molar refractivity (Wildman–Crippen MR) is 95.9 cm³/mol. The van der Waals surface area contributed by atoms with Crippen molar-refractivity contribution in [3.05, 3.63) is 47.5 Å². The molecule has 25 heavy (non-hydrogen) atoms. The Hall–Kier alpha value is -1.24. The molecule has 1 fully saturated rings. The van der Waals surface area contributed by atoms with Crippen molar-refractivity contribution in [2.45, 2.75) is 58.4 Å². The van der Waals surface area contributed by atoms with Crippen molar-refractivity contribution < 1.29 is 24.4 Å². The summed E-state index contributed by atoms with van der Waals surface area (Å²) in [5, 5.41) is 19.7. The summed E-state index contributed by atoms with van der Waals surface area (Å²) in [6, 6.07) is 9.87. The Morgan fingerprint density at radius 1 is 1.36 bits per heavy atom. The molecule has 0 unspecified atom stereocenters. The van der Waals surface area contributed by atoms with Gasteiger partial charge in [0.2, 0.25) is 0 Å². The van der Waals surface area contributed by atoms with E-state index in [1.165, 1.54) is 0 Å². The SMILES string of the molecule is CC/C=C(\C)[C@]1(C)[C@@H](OC)O[C@H]([C@@H](O)CO)[C@@H]1OCc1ccccc1. The van der Waals surface area contributed by atoms with Gasteiger partial charge in [-0.05, 0) is 25.8 Å². The average molecular weight is 350 g/mol. The third-order valence-electron chi connectivity index (χ3n) is 5.07. The van der Waals surface area contributed by atoms with Crippen LogP contribution >= 0.6 is 0 Å². The van der Waals surface area contributed by atoms with Crippen molar-refractivity contribution in [3.8, 4) is 0 Å². The minimum absolute atomic E-state index is 0.390. The van der Waals surface area contributed by atoms with Crippen LogP contribution in [0.3, 0.4) is 0 Å². The van der Waals surface area contributed by atoms with Crippen molar-refractivity contribution in [1.82, 2.24) is 0 Å². The molecule has 1 aliphatic heterocycles. The highest BCUT2D eigenvalue weighted by Crippen LogP contribution is 2.47. The van der Waals surface area contributed by atoms with Gasteiger partial charge in [0.15, 0.2) is 6.29 Å². The Morgan fingerprint density at radius 3 is 2.60 bits per heavy atom. The maximum absolute atomic E-state index is 10.3. The average Bonchev–Trinajstić information content (AvgIpc) is 2.93. The number of rotatable bonds is 8. The van der Waals surface area contributed by atoms with Crippen molar-refractivity contribution in [2.24, 2.45) is 5.41 Å². The summed E-state index contributed by atoms with van der Waals surface area (Å²) >= 11 is 0. The van der Waals surface area contributed by atoms with Crippen LogP contribution in [0.1, 0.15) is 32.8 Å². The number of methoxy groups -OCH3 is 1. The van der Waals surface area contributed by atoms with Crippen molar-refractivity contribution in [2.75, 3.05) is 13.7 Å². The van der Waals surface area contributed by atoms with Crippen LogP contribution in [-0.4, -0.2) is 48.5 Å². The molecule has 0 radical (unpaired) electrons. The van der Waals surface area contributed by atoms with Gasteiger partial charge in [-0.3, -0.25) is 0 Å². The lowest BCUT2D eigenvalue weighted by Crippen LogP contribution is -2.46. The maximum atomic E-state index is 10.3. The summed E-state index contributed by atoms with van der Waals surface area (Å²) in [5.41, 5.74) is 1.58. The molecular formula is C20H30O5. The topological polar surface area (TPSA) is 68.2 Å². The highest BCUT2D eigenvalue weighted by Gasteiger charge is 2.57. The van der Waals surface area contributed by atoms with E-state index in [-0.39, 0.29) is 6.61 Å². The standard InChI is InChI=1S/C20H30O5/c1-5-9-14(2)20(3)18(24-13-15-10-7-6-8-11-15)17(16(22)12-21)25-19(20)23-4/h6-11,16-19,21-22H,5,12-13H2,1-4H3/b14-9+/t16-,17+,18-,19-,20-/m0/s1. The first-order valence-electron chi connectivity index (χ1n) is 8.78. The van der Waals surface area contributed by atoms with Crippen molar-refractivity contribution in [3.63, 3.8) is 0 Å². The van der Waals surface area contributed by atoms with E-state index < -0.39 is 30.0 Å². The molecule has 140 valence electrons. The van der Waals surface area contributed by atoms with Gasteiger partial charge in [-0.2, -0.15) is 0 Å². The second kappa shape index (κ2) is 8.92. The molecule has 1 aliphatic rings. The molecule has 2 N–H and O–H groups in total. The highest BCUT2D eigenvalue weighted by atomic mass is 16.7. The lowest BCUT2D eigenvalue weighted by atomic mass is 9.75. The molecule has 5 heteroatoms. The lowest BCUT2D eigenvalue weighted by Gasteiger charge is -2.36. The first-order valence-corrected chi connectivity index (χ1v) is 8.78. The summed E-state index contributed by atoms with van der Waals surface area (Å²) in [6.07, 6.45) is 0.321. The van der Waals surface area contributed by atoms with E-state index in [0.717, 1.165) is 17.6 Å². The maximum Gasteiger partial charge on any atom is 0.169 e. The van der Waals surface area contributed by atoms with Gasteiger partial charge in [0.1, 0.15) is 18.3 Å². The molecule has 2 rings (SSSR count). The van der Waals surface area contributed by atoms with Gasteiger partial charge >= 0.3 is 0 Å². The molecule has 0 bridgehead atoms. The molecular weight excluding hydrogens is 320 g/mol. The van der Waals surface area contributed by atoms with E-state index >= 15 is 0 Å². The fraction of sp³-hybridized carbons (Fsp3) is 0.600. The highest BCUT2D eigenvalue weighted by molar-refractivity contribution is 5.20. The number of allylic oxidation sites excluding steroid dienone is 1. The summed E-state index contributed by atoms with van der Waals surface area (Å²) in [5.74, 6) is 0. The van der Waals surface area contributed by atoms with E-state index in [1.807, 2.05) is 44.2 Å². The molecule has 1 aromatic rings. The summed E-state index contributed by atoms with van der Waals surface area (Å²) in [4.78, 5) is 0. The minimum Gasteiger partial charge on any atom is -0.394 e. The van der Waals surface area contributed by atoms with Crippen LogP contribution in [-0.2, 0) is 20.8 Å². The first-order chi connectivity index (χ1) is 12.0. The van der Waals surface area contributed by atoms with Crippen LogP contribution in [0.4, 0.5) is 0 Å². The Labute approximate surface area is 150 Å². The van der Waals surface area contributed by atoms with Gasteiger partial charge in [0, 0.05) is 7.11 Å². The second-order valence-electron chi connectivity index (χ2n) is 6.71. The van der Waals surface area contributed by atoms with Gasteiger partial charge in [-0.1, -0.05) is 48.9 Å². The van der Waals surface area contributed by atoms with Gasteiger partial charge in [-0.15, -0.1) is 0 Å². The lowest BCUT2D eigenvalue weighted by molar-refractivity contribution is -0.166. The smallest absolute Gasteiger partial charge is 0.169 e. The number of hydrogen-bond acceptors (Lipinski definition) is 5. The second-order valence-corrected chi connectivity index (χ2v) is 6.71. The molecule has 0 spiro atoms. The quantitative estimate of drug-likeness (QED) is 0.706. The molecule has 0 aliphatic carbocycles. The van der Waals surface area contributed by atoms with E-state index in [0.29, 0.717) is 6.61 Å². The van der Waals surface area contributed by atoms with Gasteiger partial charge in [-0.25, -0.2) is 0 Å². The Bertz CT molecular complexity index is 558. The molecule has 5 nitrogen and oxygen atoms in total. The first kappa shape index (κ1) is 20.1. The molecule has 1 saturated heterocycles. The van der Waals surface area contributed by atoms with Gasteiger partial charge < -0.3 is 24.4 Å². The number of benzene rings is 1. The minimum atomic E-state index is -1.03. The van der Waals surface area contributed by atoms with Gasteiger partial charge in [0.25, 0.3) is 0 Å². The van der Waals surface area contributed by atoms with Crippen LogP contribution in [0.25, 0.3) is 0 Å². The summed E-state index contributed by atoms with van der Waals surface area (Å²) in [7, 11) is 1.59. The molecule has 5 atom stereocenters. The monoisotopic (exact) mass is 350 g/mol. The molecule has 0 saturated carbocycles. The number of aliphatic hydroxyl groups is 2. The molecule has 0 amide bonds. The third kappa shape index (κ3) is 4.13. The van der Waals surface area contributed by atoms with Crippen molar-refractivity contribution >= 4 is 0 Å². The third-order valence-corrected chi connectivity index (χ3v) is 5.07. The van der Waals surface area contributed by atoms with E-state index in [2.05, 4.69) is 13.0 Å². The largest absolute Gasteiger partial charge is 0.394 e. The number of hydrogen-bond donors (Lipinski definition) is 2. The van der Waals surface area contributed by atoms with Crippen LogP contribution in [0.2, 0.25) is 0 Å². The molecule has 1 aromatic carbocycles. The fourth-order valence-corrected chi connectivity index (χ4v) is 3.49. The summed E-state index contributed by atoms with van der Waals surface area (Å²) < 4.78 is 17.7. The Kier molecular flexibility index (Phi) is 7.16. The van der Waals surface area contributed by atoms with E-state index in [9.17, 15) is 10.2 Å². The van der Waals surface area contributed by atoms with E-state index in [1.54, 1.807) is 7.11 Å². The zero-order valence-corrected chi connectivity index (χ0v) is 15.5. The fourth-order valence-electron chi connectivity index (χ4n) is 3.49. The van der Waals surface area contributed by atoms with Crippen molar-refractivity contribution in [1.29, 1.82) is 0 Å². The van der Waals surface area contributed by atoms with Crippen LogP contribution in [0, 0.1) is 5.41 Å². The van der Waals surface area contributed by atoms with E-state index in [4.69, 9.17) is 14.2 Å². The van der Waals surface area contributed by atoms with Crippen LogP contribution < -0.4 is 0 Å². The Morgan fingerprint density at radius 2 is 2.04 bits per heavy atom.